The third kappa shape index (κ3) is 10.4. The fraction of sp³-hybridized carbons (Fsp3) is 1.00. The van der Waals surface area contributed by atoms with Gasteiger partial charge >= 0.3 is 0 Å². The molecule has 1 fully saturated rings. The third-order valence-electron chi connectivity index (χ3n) is 2.47. The van der Waals surface area contributed by atoms with Gasteiger partial charge in [0.25, 0.3) is 0 Å². The molecule has 1 rings (SSSR count). The van der Waals surface area contributed by atoms with Crippen LogP contribution in [-0.4, -0.2) is 74.2 Å². The first-order valence-corrected chi connectivity index (χ1v) is 9.85. The molecule has 0 N–H and O–H groups in total. The van der Waals surface area contributed by atoms with Crippen LogP contribution in [0.1, 0.15) is 0 Å². The number of hydrogen-bond donors (Lipinski definition) is 0. The van der Waals surface area contributed by atoms with Gasteiger partial charge in [0, 0.05) is 0 Å². The fourth-order valence-corrected chi connectivity index (χ4v) is 2.52. The number of hydrogen-bond acceptors (Lipinski definition) is 6. The van der Waals surface area contributed by atoms with E-state index in [-0.39, 0.29) is 0 Å². The molecule has 114 valence electrons. The summed E-state index contributed by atoms with van der Waals surface area (Å²) in [5, 5.41) is 0. The van der Waals surface area contributed by atoms with Crippen LogP contribution in [0, 0.1) is 0 Å². The van der Waals surface area contributed by atoms with Crippen LogP contribution < -0.4 is 0 Å². The molecule has 0 aromatic carbocycles. The molecular formula is C12H26O6Si. The first kappa shape index (κ1) is 17.0. The van der Waals surface area contributed by atoms with Crippen LogP contribution in [0.5, 0.6) is 0 Å². The zero-order valence-corrected chi connectivity index (χ0v) is 13.0. The molecule has 1 aliphatic rings. The fourth-order valence-electron chi connectivity index (χ4n) is 1.40. The van der Waals surface area contributed by atoms with Gasteiger partial charge in [-0.3, -0.25) is 0 Å². The van der Waals surface area contributed by atoms with Gasteiger partial charge in [-0.15, -0.1) is 0 Å². The predicted molar refractivity (Wildman–Crippen MR) is 72.7 cm³/mol. The molecule has 19 heavy (non-hydrogen) atoms. The lowest BCUT2D eigenvalue weighted by Gasteiger charge is -2.22. The van der Waals surface area contributed by atoms with Gasteiger partial charge in [-0.25, -0.2) is 0 Å². The maximum absolute atomic E-state index is 5.73. The highest BCUT2D eigenvalue weighted by Crippen LogP contribution is 2.05. The van der Waals surface area contributed by atoms with Crippen molar-refractivity contribution in [3.8, 4) is 0 Å². The van der Waals surface area contributed by atoms with Crippen molar-refractivity contribution in [2.24, 2.45) is 0 Å². The summed E-state index contributed by atoms with van der Waals surface area (Å²) in [6.07, 6.45) is 0.646. The predicted octanol–water partition coefficient (Wildman–Crippen LogP) is 0.801. The Balaban J connectivity index is 2.20. The minimum atomic E-state index is -1.80. The normalized spacial score (nSPS) is 25.6. The number of rotatable bonds is 0. The van der Waals surface area contributed by atoms with Gasteiger partial charge in [-0.05, 0) is 13.1 Å². The Bertz CT molecular complexity index is 194. The molecule has 0 radical (unpaired) electrons. The molecule has 0 bridgehead atoms. The van der Waals surface area contributed by atoms with Crippen molar-refractivity contribution < 1.29 is 28.1 Å². The Morgan fingerprint density at radius 1 is 0.579 bits per heavy atom. The van der Waals surface area contributed by atoms with Crippen molar-refractivity contribution in [2.75, 3.05) is 65.9 Å². The zero-order valence-electron chi connectivity index (χ0n) is 12.0. The Labute approximate surface area is 116 Å². The third-order valence-corrected chi connectivity index (χ3v) is 4.27. The van der Waals surface area contributed by atoms with Crippen LogP contribution in [0.3, 0.4) is 0 Å². The Morgan fingerprint density at radius 2 is 1.00 bits per heavy atom. The largest absolute Gasteiger partial charge is 0.393 e. The molecular weight excluding hydrogens is 268 g/mol. The Kier molecular flexibility index (Phi) is 9.61. The van der Waals surface area contributed by atoms with Gasteiger partial charge in [0.2, 0.25) is 8.32 Å². The second-order valence-electron chi connectivity index (χ2n) is 4.82. The van der Waals surface area contributed by atoms with Gasteiger partial charge in [-0.1, -0.05) is 0 Å². The summed E-state index contributed by atoms with van der Waals surface area (Å²) in [5.74, 6) is 0. The van der Waals surface area contributed by atoms with E-state index in [0.29, 0.717) is 65.9 Å². The monoisotopic (exact) mass is 294 g/mol. The van der Waals surface area contributed by atoms with Crippen molar-refractivity contribution in [1.29, 1.82) is 0 Å². The van der Waals surface area contributed by atoms with Crippen LogP contribution in [0.25, 0.3) is 0 Å². The summed E-state index contributed by atoms with van der Waals surface area (Å²) in [4.78, 5) is 0. The van der Waals surface area contributed by atoms with Crippen molar-refractivity contribution in [2.45, 2.75) is 13.1 Å². The van der Waals surface area contributed by atoms with E-state index in [1.54, 1.807) is 0 Å². The van der Waals surface area contributed by atoms with E-state index in [1.165, 1.54) is 0 Å². The lowest BCUT2D eigenvalue weighted by atomic mass is 10.7. The summed E-state index contributed by atoms with van der Waals surface area (Å²) in [5.41, 5.74) is 0. The second-order valence-corrected chi connectivity index (χ2v) is 8.92. The average molecular weight is 294 g/mol. The van der Waals surface area contributed by atoms with Crippen LogP contribution in [0.2, 0.25) is 13.1 Å². The number of ether oxygens (including phenoxy) is 5. The van der Waals surface area contributed by atoms with Crippen LogP contribution in [0.15, 0.2) is 0 Å². The molecule has 0 spiro atoms. The van der Waals surface area contributed by atoms with Gasteiger partial charge in [0.15, 0.2) is 0 Å². The minimum absolute atomic E-state index is 0.305. The zero-order chi connectivity index (χ0) is 13.8. The summed E-state index contributed by atoms with van der Waals surface area (Å²) in [6, 6.07) is 0. The van der Waals surface area contributed by atoms with E-state index in [9.17, 15) is 0 Å². The maximum Gasteiger partial charge on any atom is 0.215 e. The summed E-state index contributed by atoms with van der Waals surface area (Å²) < 4.78 is 32.7. The molecule has 0 aliphatic carbocycles. The smallest absolute Gasteiger partial charge is 0.215 e. The summed E-state index contributed by atoms with van der Waals surface area (Å²) >= 11 is 0. The van der Waals surface area contributed by atoms with E-state index < -0.39 is 8.32 Å². The van der Waals surface area contributed by atoms with E-state index in [0.717, 1.165) is 0 Å². The Morgan fingerprint density at radius 3 is 1.53 bits per heavy atom. The first-order valence-electron chi connectivity index (χ1n) is 6.73. The second kappa shape index (κ2) is 10.7. The van der Waals surface area contributed by atoms with Gasteiger partial charge in [0.1, 0.15) is 6.79 Å². The van der Waals surface area contributed by atoms with E-state index >= 15 is 0 Å². The van der Waals surface area contributed by atoms with Crippen LogP contribution in [-0.2, 0) is 28.1 Å². The van der Waals surface area contributed by atoms with Crippen molar-refractivity contribution in [3.63, 3.8) is 0 Å². The molecule has 0 aromatic heterocycles. The Hall–Kier alpha value is -0.0231. The highest BCUT2D eigenvalue weighted by atomic mass is 28.4. The minimum Gasteiger partial charge on any atom is -0.393 e. The molecule has 0 unspecified atom stereocenters. The van der Waals surface area contributed by atoms with Gasteiger partial charge in [-0.2, -0.15) is 0 Å². The van der Waals surface area contributed by atoms with Gasteiger partial charge in [0.05, 0.1) is 59.1 Å². The molecule has 7 heteroatoms. The van der Waals surface area contributed by atoms with E-state index in [1.807, 2.05) is 0 Å². The lowest BCUT2D eigenvalue weighted by molar-refractivity contribution is -0.0328. The van der Waals surface area contributed by atoms with Gasteiger partial charge < -0.3 is 28.1 Å². The molecule has 0 atom stereocenters. The van der Waals surface area contributed by atoms with Crippen molar-refractivity contribution in [3.05, 3.63) is 0 Å². The highest BCUT2D eigenvalue weighted by molar-refractivity contribution is 6.71. The lowest BCUT2D eigenvalue weighted by Crippen LogP contribution is -2.38. The molecule has 0 saturated carbocycles. The highest BCUT2D eigenvalue weighted by Gasteiger charge is 2.22. The topological polar surface area (TPSA) is 55.4 Å². The van der Waals surface area contributed by atoms with Crippen molar-refractivity contribution in [1.82, 2.24) is 0 Å². The quantitative estimate of drug-likeness (QED) is 0.616. The SMILES string of the molecule is C[Si]1(C)COCCOCCOCCOCCOCO1. The molecule has 0 amide bonds. The maximum atomic E-state index is 5.73. The van der Waals surface area contributed by atoms with Crippen LogP contribution in [0.4, 0.5) is 0 Å². The molecule has 6 nitrogen and oxygen atoms in total. The molecule has 1 heterocycles. The standard InChI is InChI=1S/C12H26O6Si/c1-19(2)12-17-10-8-15-6-4-13-3-5-14-7-9-16-11-18-19/h3-12H2,1-2H3. The van der Waals surface area contributed by atoms with Crippen LogP contribution >= 0.6 is 0 Å². The first-order chi connectivity index (χ1) is 9.21. The molecule has 1 saturated heterocycles. The molecule has 0 aromatic rings. The summed E-state index contributed by atoms with van der Waals surface area (Å²) in [7, 11) is -1.80. The average Bonchev–Trinajstić information content (AvgIpc) is 2.37. The van der Waals surface area contributed by atoms with Crippen molar-refractivity contribution >= 4 is 8.32 Å². The van der Waals surface area contributed by atoms with E-state index in [4.69, 9.17) is 28.1 Å². The summed E-state index contributed by atoms with van der Waals surface area (Å²) in [6.45, 7) is 9.11. The molecule has 1 aliphatic heterocycles. The van der Waals surface area contributed by atoms with E-state index in [2.05, 4.69) is 13.1 Å².